The summed E-state index contributed by atoms with van der Waals surface area (Å²) in [7, 11) is -3.46. The van der Waals surface area contributed by atoms with Gasteiger partial charge in [-0.25, -0.2) is 8.42 Å². The highest BCUT2D eigenvalue weighted by molar-refractivity contribution is 7.89. The molecule has 0 saturated carbocycles. The minimum atomic E-state index is -3.46. The highest BCUT2D eigenvalue weighted by Crippen LogP contribution is 2.24. The van der Waals surface area contributed by atoms with E-state index < -0.39 is 10.0 Å². The molecular weight excluding hydrogens is 312 g/mol. The number of ether oxygens (including phenoxy) is 1. The first-order valence-electron chi connectivity index (χ1n) is 7.39. The lowest BCUT2D eigenvalue weighted by Crippen LogP contribution is -2.43. The van der Waals surface area contributed by atoms with Crippen LogP contribution in [-0.2, 0) is 27.2 Å². The summed E-state index contributed by atoms with van der Waals surface area (Å²) in [5.41, 5.74) is 0.830. The molecule has 1 aromatic rings. The second kappa shape index (κ2) is 7.13. The minimum Gasteiger partial charge on any atom is -0.377 e. The molecule has 2 heterocycles. The van der Waals surface area contributed by atoms with Crippen LogP contribution in [0.2, 0.25) is 0 Å². The van der Waals surface area contributed by atoms with Crippen molar-refractivity contribution in [2.45, 2.75) is 50.1 Å². The molecule has 1 aliphatic rings. The molecular formula is C14H23ClN2O3S. The van der Waals surface area contributed by atoms with Gasteiger partial charge >= 0.3 is 0 Å². The predicted molar refractivity (Wildman–Crippen MR) is 83.1 cm³/mol. The standard InChI is InChI=1S/C14H23ClN2O3S/c1-3-16-11-14(8-12(16)9-15)21(18,19)17-7-5-6-13(10-17)20-4-2/h8,11,13H,3-7,9-10H2,1-2H3. The first kappa shape index (κ1) is 16.8. The van der Waals surface area contributed by atoms with Crippen molar-refractivity contribution in [2.75, 3.05) is 19.7 Å². The molecule has 0 aromatic carbocycles. The summed E-state index contributed by atoms with van der Waals surface area (Å²) in [5.74, 6) is 0.310. The van der Waals surface area contributed by atoms with Crippen LogP contribution in [0, 0.1) is 0 Å². The molecule has 1 fully saturated rings. The van der Waals surface area contributed by atoms with Crippen LogP contribution in [-0.4, -0.2) is 43.1 Å². The van der Waals surface area contributed by atoms with E-state index in [1.54, 1.807) is 12.3 Å². The number of piperidine rings is 1. The van der Waals surface area contributed by atoms with Crippen molar-refractivity contribution in [3.8, 4) is 0 Å². The maximum absolute atomic E-state index is 12.7. The quantitative estimate of drug-likeness (QED) is 0.751. The fourth-order valence-electron chi connectivity index (χ4n) is 2.72. The van der Waals surface area contributed by atoms with Crippen molar-refractivity contribution in [1.82, 2.24) is 8.87 Å². The monoisotopic (exact) mass is 334 g/mol. The van der Waals surface area contributed by atoms with E-state index in [1.165, 1.54) is 4.31 Å². The Hall–Kier alpha value is -0.560. The molecule has 0 aliphatic carbocycles. The molecule has 0 bridgehead atoms. The van der Waals surface area contributed by atoms with E-state index in [1.807, 2.05) is 18.4 Å². The van der Waals surface area contributed by atoms with Crippen LogP contribution >= 0.6 is 11.6 Å². The number of rotatable bonds is 6. The highest BCUT2D eigenvalue weighted by atomic mass is 35.5. The van der Waals surface area contributed by atoms with Gasteiger partial charge in [-0.1, -0.05) is 0 Å². The van der Waals surface area contributed by atoms with Crippen molar-refractivity contribution < 1.29 is 13.2 Å². The molecule has 2 rings (SSSR count). The largest absolute Gasteiger partial charge is 0.377 e. The maximum Gasteiger partial charge on any atom is 0.244 e. The van der Waals surface area contributed by atoms with Crippen LogP contribution in [0.5, 0.6) is 0 Å². The Kier molecular flexibility index (Phi) is 5.71. The van der Waals surface area contributed by atoms with E-state index in [-0.39, 0.29) is 6.10 Å². The molecule has 0 amide bonds. The summed E-state index contributed by atoms with van der Waals surface area (Å²) < 4.78 is 34.5. The summed E-state index contributed by atoms with van der Waals surface area (Å²) in [6.07, 6.45) is 3.43. The van der Waals surface area contributed by atoms with Crippen LogP contribution in [0.1, 0.15) is 32.4 Å². The van der Waals surface area contributed by atoms with Gasteiger partial charge in [-0.05, 0) is 32.8 Å². The molecule has 5 nitrogen and oxygen atoms in total. The van der Waals surface area contributed by atoms with Gasteiger partial charge < -0.3 is 9.30 Å². The smallest absolute Gasteiger partial charge is 0.244 e. The number of sulfonamides is 1. The fourth-order valence-corrected chi connectivity index (χ4v) is 4.52. The second-order valence-electron chi connectivity index (χ2n) is 5.17. The molecule has 7 heteroatoms. The van der Waals surface area contributed by atoms with Gasteiger partial charge in [0.25, 0.3) is 0 Å². The molecule has 21 heavy (non-hydrogen) atoms. The zero-order valence-electron chi connectivity index (χ0n) is 12.6. The summed E-state index contributed by atoms with van der Waals surface area (Å²) in [5, 5.41) is 0. The molecule has 1 aromatic heterocycles. The third kappa shape index (κ3) is 3.62. The Morgan fingerprint density at radius 2 is 2.19 bits per heavy atom. The lowest BCUT2D eigenvalue weighted by molar-refractivity contribution is 0.0265. The fraction of sp³-hybridized carbons (Fsp3) is 0.714. The summed E-state index contributed by atoms with van der Waals surface area (Å²) in [6.45, 7) is 6.21. The number of alkyl halides is 1. The average Bonchev–Trinajstić information content (AvgIpc) is 2.92. The number of aryl methyl sites for hydroxylation is 1. The molecule has 120 valence electrons. The van der Waals surface area contributed by atoms with Crippen molar-refractivity contribution in [3.05, 3.63) is 18.0 Å². The van der Waals surface area contributed by atoms with Crippen molar-refractivity contribution >= 4 is 21.6 Å². The molecule has 1 atom stereocenters. The molecule has 0 N–H and O–H groups in total. The van der Waals surface area contributed by atoms with Gasteiger partial charge in [-0.2, -0.15) is 4.31 Å². The Morgan fingerprint density at radius 1 is 1.43 bits per heavy atom. The van der Waals surface area contributed by atoms with Crippen LogP contribution < -0.4 is 0 Å². The third-order valence-corrected chi connectivity index (χ3v) is 5.92. The lowest BCUT2D eigenvalue weighted by atomic mass is 10.1. The van der Waals surface area contributed by atoms with Gasteiger partial charge in [0.05, 0.1) is 12.0 Å². The van der Waals surface area contributed by atoms with E-state index in [9.17, 15) is 8.42 Å². The van der Waals surface area contributed by atoms with Gasteiger partial charge in [0.2, 0.25) is 10.0 Å². The molecule has 1 unspecified atom stereocenters. The normalized spacial score (nSPS) is 20.8. The number of aromatic nitrogens is 1. The number of nitrogens with zero attached hydrogens (tertiary/aromatic N) is 2. The molecule has 0 spiro atoms. The van der Waals surface area contributed by atoms with Gasteiger partial charge in [-0.15, -0.1) is 11.6 Å². The zero-order chi connectivity index (χ0) is 15.5. The van der Waals surface area contributed by atoms with Crippen molar-refractivity contribution in [3.63, 3.8) is 0 Å². The lowest BCUT2D eigenvalue weighted by Gasteiger charge is -2.31. The summed E-state index contributed by atoms with van der Waals surface area (Å²) >= 11 is 5.88. The number of hydrogen-bond donors (Lipinski definition) is 0. The Labute approximate surface area is 131 Å². The summed E-state index contributed by atoms with van der Waals surface area (Å²) in [4.78, 5) is 0.331. The zero-order valence-corrected chi connectivity index (χ0v) is 14.2. The van der Waals surface area contributed by atoms with Crippen LogP contribution in [0.4, 0.5) is 0 Å². The number of halogens is 1. The highest BCUT2D eigenvalue weighted by Gasteiger charge is 2.31. The predicted octanol–water partition coefficient (Wildman–Crippen LogP) is 2.44. The van der Waals surface area contributed by atoms with E-state index >= 15 is 0 Å². The maximum atomic E-state index is 12.7. The van der Waals surface area contributed by atoms with Crippen LogP contribution in [0.3, 0.4) is 0 Å². The van der Waals surface area contributed by atoms with E-state index in [2.05, 4.69) is 0 Å². The first-order chi connectivity index (χ1) is 10.0. The van der Waals surface area contributed by atoms with Crippen LogP contribution in [0.15, 0.2) is 17.2 Å². The van der Waals surface area contributed by atoms with Gasteiger partial charge in [0.15, 0.2) is 0 Å². The van der Waals surface area contributed by atoms with Gasteiger partial charge in [-0.3, -0.25) is 0 Å². The van der Waals surface area contributed by atoms with E-state index in [0.717, 1.165) is 18.5 Å². The third-order valence-electron chi connectivity index (χ3n) is 3.82. The Balaban J connectivity index is 2.22. The SMILES string of the molecule is CCOC1CCCN(S(=O)(=O)c2cc(CCl)n(CC)c2)C1. The first-order valence-corrected chi connectivity index (χ1v) is 9.37. The Bertz CT molecular complexity index is 547. The molecule has 1 aliphatic heterocycles. The number of hydrogen-bond acceptors (Lipinski definition) is 3. The topological polar surface area (TPSA) is 51.5 Å². The summed E-state index contributed by atoms with van der Waals surface area (Å²) in [6, 6.07) is 1.68. The van der Waals surface area contributed by atoms with E-state index in [4.69, 9.17) is 16.3 Å². The van der Waals surface area contributed by atoms with E-state index in [0.29, 0.717) is 37.0 Å². The molecule has 1 saturated heterocycles. The average molecular weight is 335 g/mol. The van der Waals surface area contributed by atoms with Crippen LogP contribution in [0.25, 0.3) is 0 Å². The molecule has 0 radical (unpaired) electrons. The van der Waals surface area contributed by atoms with Crippen molar-refractivity contribution in [2.24, 2.45) is 0 Å². The van der Waals surface area contributed by atoms with Gasteiger partial charge in [0.1, 0.15) is 4.90 Å². The van der Waals surface area contributed by atoms with Crippen molar-refractivity contribution in [1.29, 1.82) is 0 Å². The minimum absolute atomic E-state index is 0.000664. The van der Waals surface area contributed by atoms with Gasteiger partial charge in [0, 0.05) is 38.1 Å². The Morgan fingerprint density at radius 3 is 2.76 bits per heavy atom. The second-order valence-corrected chi connectivity index (χ2v) is 7.37.